The van der Waals surface area contributed by atoms with Crippen LogP contribution in [0.4, 0.5) is 0 Å². The standard InChI is InChI=1S/C10H23N3/c1-10(2)8-11-6-9(13(10)5)7-12(3)4/h9,11H,6-8H2,1-5H3. The third-order valence-corrected chi connectivity index (χ3v) is 3.02. The molecule has 1 saturated heterocycles. The molecule has 0 bridgehead atoms. The Balaban J connectivity index is 2.55. The summed E-state index contributed by atoms with van der Waals surface area (Å²) in [5, 5.41) is 3.49. The monoisotopic (exact) mass is 185 g/mol. The van der Waals surface area contributed by atoms with E-state index in [1.165, 1.54) is 0 Å². The van der Waals surface area contributed by atoms with Gasteiger partial charge in [0.15, 0.2) is 0 Å². The van der Waals surface area contributed by atoms with Crippen molar-refractivity contribution in [2.24, 2.45) is 0 Å². The van der Waals surface area contributed by atoms with Gasteiger partial charge in [0.2, 0.25) is 0 Å². The van der Waals surface area contributed by atoms with Crippen molar-refractivity contribution >= 4 is 0 Å². The molecule has 0 radical (unpaired) electrons. The molecule has 0 aromatic carbocycles. The highest BCUT2D eigenvalue weighted by Crippen LogP contribution is 2.18. The van der Waals surface area contributed by atoms with Crippen molar-refractivity contribution in [1.82, 2.24) is 15.1 Å². The van der Waals surface area contributed by atoms with Gasteiger partial charge >= 0.3 is 0 Å². The number of hydrogen-bond acceptors (Lipinski definition) is 3. The molecule has 1 rings (SSSR count). The maximum Gasteiger partial charge on any atom is 0.0350 e. The van der Waals surface area contributed by atoms with Crippen LogP contribution in [0.15, 0.2) is 0 Å². The minimum absolute atomic E-state index is 0.291. The first-order valence-corrected chi connectivity index (χ1v) is 5.02. The van der Waals surface area contributed by atoms with Gasteiger partial charge in [0, 0.05) is 31.2 Å². The van der Waals surface area contributed by atoms with Gasteiger partial charge in [0.05, 0.1) is 0 Å². The molecule has 0 amide bonds. The van der Waals surface area contributed by atoms with Crippen LogP contribution in [-0.4, -0.2) is 62.2 Å². The molecular formula is C10H23N3. The summed E-state index contributed by atoms with van der Waals surface area (Å²) >= 11 is 0. The molecule has 0 aliphatic carbocycles. The van der Waals surface area contributed by atoms with E-state index in [-0.39, 0.29) is 0 Å². The van der Waals surface area contributed by atoms with E-state index in [2.05, 4.69) is 50.1 Å². The number of nitrogens with one attached hydrogen (secondary N) is 1. The molecule has 0 saturated carbocycles. The molecule has 0 aromatic heterocycles. The third kappa shape index (κ3) is 2.66. The maximum atomic E-state index is 3.49. The van der Waals surface area contributed by atoms with Crippen LogP contribution in [0.5, 0.6) is 0 Å². The molecule has 1 aliphatic heterocycles. The van der Waals surface area contributed by atoms with E-state index in [4.69, 9.17) is 0 Å². The van der Waals surface area contributed by atoms with Crippen LogP contribution in [-0.2, 0) is 0 Å². The molecular weight excluding hydrogens is 162 g/mol. The van der Waals surface area contributed by atoms with E-state index in [0.29, 0.717) is 11.6 Å². The maximum absolute atomic E-state index is 3.49. The Kier molecular flexibility index (Phi) is 3.33. The topological polar surface area (TPSA) is 18.5 Å². The second-order valence-electron chi connectivity index (χ2n) is 4.97. The SMILES string of the molecule is CN(C)CC1CNCC(C)(C)N1C. The molecule has 0 aromatic rings. The van der Waals surface area contributed by atoms with E-state index in [1.807, 2.05) is 0 Å². The summed E-state index contributed by atoms with van der Waals surface area (Å²) in [4.78, 5) is 4.74. The summed E-state index contributed by atoms with van der Waals surface area (Å²) in [5.41, 5.74) is 0.291. The molecule has 78 valence electrons. The van der Waals surface area contributed by atoms with Crippen molar-refractivity contribution in [1.29, 1.82) is 0 Å². The zero-order valence-corrected chi connectivity index (χ0v) is 9.59. The average molecular weight is 185 g/mol. The smallest absolute Gasteiger partial charge is 0.0350 e. The van der Waals surface area contributed by atoms with Crippen LogP contribution in [0.2, 0.25) is 0 Å². The minimum Gasteiger partial charge on any atom is -0.313 e. The molecule has 13 heavy (non-hydrogen) atoms. The van der Waals surface area contributed by atoms with Crippen molar-refractivity contribution in [3.05, 3.63) is 0 Å². The fourth-order valence-corrected chi connectivity index (χ4v) is 1.91. The molecule has 1 aliphatic rings. The molecule has 1 N–H and O–H groups in total. The van der Waals surface area contributed by atoms with E-state index in [1.54, 1.807) is 0 Å². The van der Waals surface area contributed by atoms with Crippen molar-refractivity contribution < 1.29 is 0 Å². The Labute approximate surface area is 82.1 Å². The normalized spacial score (nSPS) is 29.5. The zero-order valence-electron chi connectivity index (χ0n) is 9.59. The lowest BCUT2D eigenvalue weighted by Gasteiger charge is -2.46. The second-order valence-corrected chi connectivity index (χ2v) is 4.97. The van der Waals surface area contributed by atoms with E-state index in [0.717, 1.165) is 19.6 Å². The number of piperazine rings is 1. The van der Waals surface area contributed by atoms with Gasteiger partial charge in [0.1, 0.15) is 0 Å². The van der Waals surface area contributed by atoms with Gasteiger partial charge < -0.3 is 10.2 Å². The Bertz CT molecular complexity index is 166. The first kappa shape index (κ1) is 11.0. The zero-order chi connectivity index (χ0) is 10.1. The van der Waals surface area contributed by atoms with Crippen molar-refractivity contribution in [2.45, 2.75) is 25.4 Å². The van der Waals surface area contributed by atoms with Crippen LogP contribution in [0.1, 0.15) is 13.8 Å². The first-order valence-electron chi connectivity index (χ1n) is 5.02. The number of rotatable bonds is 2. The number of nitrogens with zero attached hydrogens (tertiary/aromatic N) is 2. The Morgan fingerprint density at radius 2 is 2.08 bits per heavy atom. The lowest BCUT2D eigenvalue weighted by molar-refractivity contribution is 0.0518. The molecule has 1 atom stereocenters. The second kappa shape index (κ2) is 3.95. The summed E-state index contributed by atoms with van der Waals surface area (Å²) < 4.78 is 0. The number of likely N-dealkylation sites (N-methyl/N-ethyl adjacent to an activating group) is 2. The minimum atomic E-state index is 0.291. The highest BCUT2D eigenvalue weighted by molar-refractivity contribution is 4.92. The molecule has 1 unspecified atom stereocenters. The summed E-state index contributed by atoms with van der Waals surface area (Å²) in [7, 11) is 6.50. The van der Waals surface area contributed by atoms with Gasteiger partial charge in [-0.1, -0.05) is 0 Å². The van der Waals surface area contributed by atoms with Gasteiger partial charge in [-0.15, -0.1) is 0 Å². The van der Waals surface area contributed by atoms with Crippen LogP contribution in [0.25, 0.3) is 0 Å². The fourth-order valence-electron chi connectivity index (χ4n) is 1.91. The fraction of sp³-hybridized carbons (Fsp3) is 1.00. The van der Waals surface area contributed by atoms with Gasteiger partial charge in [-0.2, -0.15) is 0 Å². The Morgan fingerprint density at radius 1 is 1.46 bits per heavy atom. The molecule has 1 heterocycles. The average Bonchev–Trinajstić information content (AvgIpc) is 1.98. The highest BCUT2D eigenvalue weighted by Gasteiger charge is 2.33. The Hall–Kier alpha value is -0.120. The summed E-state index contributed by atoms with van der Waals surface area (Å²) in [6.45, 7) is 7.92. The predicted molar refractivity (Wildman–Crippen MR) is 57.1 cm³/mol. The van der Waals surface area contributed by atoms with Crippen LogP contribution < -0.4 is 5.32 Å². The van der Waals surface area contributed by atoms with Crippen LogP contribution in [0, 0.1) is 0 Å². The Morgan fingerprint density at radius 3 is 2.62 bits per heavy atom. The number of hydrogen-bond donors (Lipinski definition) is 1. The van der Waals surface area contributed by atoms with Crippen molar-refractivity contribution in [3.8, 4) is 0 Å². The first-order chi connectivity index (χ1) is 5.93. The molecule has 1 fully saturated rings. The van der Waals surface area contributed by atoms with Crippen molar-refractivity contribution in [2.75, 3.05) is 40.8 Å². The summed E-state index contributed by atoms with van der Waals surface area (Å²) in [6, 6.07) is 0.638. The highest BCUT2D eigenvalue weighted by atomic mass is 15.3. The van der Waals surface area contributed by atoms with Crippen LogP contribution in [0.3, 0.4) is 0 Å². The molecule has 3 heteroatoms. The van der Waals surface area contributed by atoms with Gasteiger partial charge in [0.25, 0.3) is 0 Å². The molecule has 0 spiro atoms. The van der Waals surface area contributed by atoms with Crippen molar-refractivity contribution in [3.63, 3.8) is 0 Å². The summed E-state index contributed by atoms with van der Waals surface area (Å²) in [6.07, 6.45) is 0. The van der Waals surface area contributed by atoms with Crippen LogP contribution >= 0.6 is 0 Å². The predicted octanol–water partition coefficient (Wildman–Crippen LogP) is 0.230. The summed E-state index contributed by atoms with van der Waals surface area (Å²) in [5.74, 6) is 0. The lowest BCUT2D eigenvalue weighted by atomic mass is 9.97. The lowest BCUT2D eigenvalue weighted by Crippen LogP contribution is -2.63. The third-order valence-electron chi connectivity index (χ3n) is 3.02. The van der Waals surface area contributed by atoms with Gasteiger partial charge in [-0.25, -0.2) is 0 Å². The van der Waals surface area contributed by atoms with Gasteiger partial charge in [-0.05, 0) is 35.0 Å². The van der Waals surface area contributed by atoms with E-state index in [9.17, 15) is 0 Å². The van der Waals surface area contributed by atoms with Gasteiger partial charge in [-0.3, -0.25) is 4.90 Å². The van der Waals surface area contributed by atoms with E-state index >= 15 is 0 Å². The molecule has 3 nitrogen and oxygen atoms in total. The van der Waals surface area contributed by atoms with E-state index < -0.39 is 0 Å². The largest absolute Gasteiger partial charge is 0.313 e. The quantitative estimate of drug-likeness (QED) is 0.664.